The van der Waals surface area contributed by atoms with Crippen LogP contribution in [0.5, 0.6) is 0 Å². The van der Waals surface area contributed by atoms with Crippen LogP contribution in [0.3, 0.4) is 0 Å². The first-order valence-electron chi connectivity index (χ1n) is 4.61. The van der Waals surface area contributed by atoms with E-state index in [1.807, 2.05) is 0 Å². The van der Waals surface area contributed by atoms with Gasteiger partial charge in [0.15, 0.2) is 0 Å². The number of nitrogens with one attached hydrogen (secondary N) is 1. The molecule has 72 valence electrons. The molecular formula is C10H10N2OS. The van der Waals surface area contributed by atoms with Crippen molar-refractivity contribution in [2.45, 2.75) is 25.7 Å². The lowest BCUT2D eigenvalue weighted by atomic mass is 9.96. The van der Waals surface area contributed by atoms with Gasteiger partial charge < -0.3 is 5.32 Å². The first-order chi connectivity index (χ1) is 6.86. The molecule has 1 aromatic heterocycles. The van der Waals surface area contributed by atoms with Crippen LogP contribution in [0.4, 0.5) is 5.00 Å². The summed E-state index contributed by atoms with van der Waals surface area (Å²) in [6.45, 7) is 0. The average molecular weight is 206 g/mol. The van der Waals surface area contributed by atoms with Crippen molar-refractivity contribution in [3.8, 4) is 6.07 Å². The monoisotopic (exact) mass is 206 g/mol. The van der Waals surface area contributed by atoms with Crippen LogP contribution in [0, 0.1) is 11.3 Å². The van der Waals surface area contributed by atoms with Crippen molar-refractivity contribution in [1.82, 2.24) is 0 Å². The van der Waals surface area contributed by atoms with Gasteiger partial charge >= 0.3 is 0 Å². The van der Waals surface area contributed by atoms with Gasteiger partial charge in [-0.25, -0.2) is 0 Å². The maximum absolute atomic E-state index is 10.3. The number of rotatable bonds is 2. The zero-order valence-corrected chi connectivity index (χ0v) is 8.49. The number of amides is 1. The van der Waals surface area contributed by atoms with E-state index in [1.165, 1.54) is 11.3 Å². The highest BCUT2D eigenvalue weighted by Gasteiger charge is 2.19. The quantitative estimate of drug-likeness (QED) is 0.753. The molecule has 1 aliphatic carbocycles. The van der Waals surface area contributed by atoms with Gasteiger partial charge in [0.1, 0.15) is 11.1 Å². The van der Waals surface area contributed by atoms with E-state index >= 15 is 0 Å². The standard InChI is InChI=1S/C10H10N2OS/c11-5-8-7-3-1-2-4-9(7)14-10(8)12-6-13/h6H,1-4H2,(H,12,13). The number of carbonyl (C=O) groups excluding carboxylic acids is 1. The van der Waals surface area contributed by atoms with E-state index in [0.717, 1.165) is 29.8 Å². The SMILES string of the molecule is N#Cc1c(NC=O)sc2c1CCCC2. The van der Waals surface area contributed by atoms with Crippen molar-refractivity contribution in [2.24, 2.45) is 0 Å². The molecule has 1 N–H and O–H groups in total. The van der Waals surface area contributed by atoms with Crippen molar-refractivity contribution in [1.29, 1.82) is 5.26 Å². The van der Waals surface area contributed by atoms with Crippen molar-refractivity contribution < 1.29 is 4.79 Å². The number of hydrogen-bond donors (Lipinski definition) is 1. The second-order valence-electron chi connectivity index (χ2n) is 3.29. The van der Waals surface area contributed by atoms with Gasteiger partial charge in [0.2, 0.25) is 6.41 Å². The highest BCUT2D eigenvalue weighted by atomic mass is 32.1. The van der Waals surface area contributed by atoms with Gasteiger partial charge in [-0.3, -0.25) is 4.79 Å². The zero-order valence-electron chi connectivity index (χ0n) is 7.67. The lowest BCUT2D eigenvalue weighted by Gasteiger charge is -2.09. The summed E-state index contributed by atoms with van der Waals surface area (Å²) < 4.78 is 0. The largest absolute Gasteiger partial charge is 0.319 e. The summed E-state index contributed by atoms with van der Waals surface area (Å²) in [6.07, 6.45) is 5.01. The van der Waals surface area contributed by atoms with Gasteiger partial charge in [-0.1, -0.05) is 0 Å². The van der Waals surface area contributed by atoms with E-state index in [0.29, 0.717) is 12.0 Å². The van der Waals surface area contributed by atoms with Crippen LogP contribution in [0.15, 0.2) is 0 Å². The van der Waals surface area contributed by atoms with Crippen molar-refractivity contribution in [3.63, 3.8) is 0 Å². The summed E-state index contributed by atoms with van der Waals surface area (Å²) >= 11 is 1.55. The summed E-state index contributed by atoms with van der Waals surface area (Å²) in [5, 5.41) is 12.3. The third-order valence-electron chi connectivity index (χ3n) is 2.47. The van der Waals surface area contributed by atoms with E-state index in [9.17, 15) is 4.79 Å². The molecule has 0 bridgehead atoms. The molecule has 3 nitrogen and oxygen atoms in total. The number of nitriles is 1. The molecule has 1 heterocycles. The topological polar surface area (TPSA) is 52.9 Å². The number of anilines is 1. The Hall–Kier alpha value is -1.34. The Kier molecular flexibility index (Phi) is 2.51. The van der Waals surface area contributed by atoms with Crippen molar-refractivity contribution in [2.75, 3.05) is 5.32 Å². The smallest absolute Gasteiger partial charge is 0.212 e. The summed E-state index contributed by atoms with van der Waals surface area (Å²) in [6, 6.07) is 2.18. The van der Waals surface area contributed by atoms with Crippen molar-refractivity contribution >= 4 is 22.7 Å². The number of fused-ring (bicyclic) bond motifs is 1. The molecule has 0 spiro atoms. The Morgan fingerprint density at radius 1 is 1.43 bits per heavy atom. The molecule has 0 atom stereocenters. The Labute approximate surface area is 86.4 Å². The van der Waals surface area contributed by atoms with Crippen molar-refractivity contribution in [3.05, 3.63) is 16.0 Å². The van der Waals surface area contributed by atoms with Crippen LogP contribution >= 0.6 is 11.3 Å². The number of carbonyl (C=O) groups is 1. The van der Waals surface area contributed by atoms with Crippen LogP contribution in [0.1, 0.15) is 28.8 Å². The lowest BCUT2D eigenvalue weighted by Crippen LogP contribution is -2.00. The molecule has 0 aromatic carbocycles. The first kappa shape index (κ1) is 9.22. The highest BCUT2D eigenvalue weighted by Crippen LogP contribution is 2.37. The number of thiophene rings is 1. The van der Waals surface area contributed by atoms with Gasteiger partial charge in [-0.15, -0.1) is 11.3 Å². The molecule has 0 unspecified atom stereocenters. The molecule has 0 radical (unpaired) electrons. The van der Waals surface area contributed by atoms with E-state index in [-0.39, 0.29) is 0 Å². The molecule has 0 saturated carbocycles. The molecule has 0 aliphatic heterocycles. The summed E-state index contributed by atoms with van der Waals surface area (Å²) in [7, 11) is 0. The minimum Gasteiger partial charge on any atom is -0.319 e. The average Bonchev–Trinajstić information content (AvgIpc) is 2.55. The maximum Gasteiger partial charge on any atom is 0.212 e. The third-order valence-corrected chi connectivity index (χ3v) is 3.70. The van der Waals surface area contributed by atoms with E-state index in [4.69, 9.17) is 5.26 Å². The van der Waals surface area contributed by atoms with Gasteiger partial charge in [-0.05, 0) is 31.2 Å². The fraction of sp³-hybridized carbons (Fsp3) is 0.400. The lowest BCUT2D eigenvalue weighted by molar-refractivity contribution is -0.105. The minimum absolute atomic E-state index is 0.637. The molecule has 2 rings (SSSR count). The minimum atomic E-state index is 0.637. The van der Waals surface area contributed by atoms with Gasteiger partial charge in [-0.2, -0.15) is 5.26 Å². The molecule has 1 aliphatic rings. The maximum atomic E-state index is 10.3. The van der Waals surface area contributed by atoms with Crippen LogP contribution in [0.2, 0.25) is 0 Å². The fourth-order valence-electron chi connectivity index (χ4n) is 1.84. The number of aryl methyl sites for hydroxylation is 1. The summed E-state index contributed by atoms with van der Waals surface area (Å²) in [5.41, 5.74) is 1.84. The predicted octanol–water partition coefficient (Wildman–Crippen LogP) is 2.07. The predicted molar refractivity (Wildman–Crippen MR) is 55.4 cm³/mol. The Morgan fingerprint density at radius 3 is 2.93 bits per heavy atom. The number of hydrogen-bond acceptors (Lipinski definition) is 3. The normalized spacial score (nSPS) is 14.2. The zero-order chi connectivity index (χ0) is 9.97. The summed E-state index contributed by atoms with van der Waals surface area (Å²) in [4.78, 5) is 11.6. The van der Waals surface area contributed by atoms with Crippen LogP contribution in [-0.2, 0) is 17.6 Å². The molecular weight excluding hydrogens is 196 g/mol. The molecule has 1 aromatic rings. The van der Waals surface area contributed by atoms with E-state index in [1.54, 1.807) is 11.3 Å². The Morgan fingerprint density at radius 2 is 2.21 bits per heavy atom. The molecule has 14 heavy (non-hydrogen) atoms. The van der Waals surface area contributed by atoms with Crippen LogP contribution < -0.4 is 5.32 Å². The molecule has 0 fully saturated rings. The van der Waals surface area contributed by atoms with Gasteiger partial charge in [0, 0.05) is 4.88 Å². The van der Waals surface area contributed by atoms with Crippen LogP contribution in [-0.4, -0.2) is 6.41 Å². The molecule has 0 saturated heterocycles. The number of nitrogens with zero attached hydrogens (tertiary/aromatic N) is 1. The molecule has 4 heteroatoms. The van der Waals surface area contributed by atoms with Crippen LogP contribution in [0.25, 0.3) is 0 Å². The van der Waals surface area contributed by atoms with Gasteiger partial charge in [0.05, 0.1) is 5.56 Å². The Balaban J connectivity index is 2.47. The highest BCUT2D eigenvalue weighted by molar-refractivity contribution is 7.16. The summed E-state index contributed by atoms with van der Waals surface area (Å²) in [5.74, 6) is 0. The fourth-order valence-corrected chi connectivity index (χ4v) is 3.04. The first-order valence-corrected chi connectivity index (χ1v) is 5.43. The molecule has 1 amide bonds. The van der Waals surface area contributed by atoms with E-state index in [2.05, 4.69) is 11.4 Å². The third kappa shape index (κ3) is 1.40. The second kappa shape index (κ2) is 3.81. The van der Waals surface area contributed by atoms with E-state index < -0.39 is 0 Å². The Bertz CT molecular complexity index is 403. The second-order valence-corrected chi connectivity index (χ2v) is 4.39. The van der Waals surface area contributed by atoms with Gasteiger partial charge in [0.25, 0.3) is 0 Å².